The number of amides is 1. The van der Waals surface area contributed by atoms with E-state index >= 15 is 0 Å². The van der Waals surface area contributed by atoms with Crippen molar-refractivity contribution >= 4 is 22.9 Å². The van der Waals surface area contributed by atoms with Gasteiger partial charge in [-0.05, 0) is 42.7 Å². The molecule has 134 valence electrons. The first-order valence-corrected chi connectivity index (χ1v) is 9.46. The Hall–Kier alpha value is -2.15. The number of aromatic nitrogens is 2. The second kappa shape index (κ2) is 7.00. The molecule has 6 nitrogen and oxygen atoms in total. The zero-order valence-corrected chi connectivity index (χ0v) is 15.6. The number of nitrogen functional groups attached to an aromatic ring is 1. The number of carbonyl (C=O) groups is 1. The van der Waals surface area contributed by atoms with Crippen molar-refractivity contribution in [1.82, 2.24) is 14.7 Å². The van der Waals surface area contributed by atoms with Crippen LogP contribution in [0.2, 0.25) is 0 Å². The van der Waals surface area contributed by atoms with Crippen LogP contribution >= 0.6 is 11.3 Å². The highest BCUT2D eigenvalue weighted by Gasteiger charge is 2.30. The van der Waals surface area contributed by atoms with Gasteiger partial charge in [0.25, 0.3) is 5.56 Å². The lowest BCUT2D eigenvalue weighted by molar-refractivity contribution is -0.137. The maximum atomic E-state index is 12.9. The molecule has 0 bridgehead atoms. The van der Waals surface area contributed by atoms with Crippen LogP contribution < -0.4 is 11.3 Å². The molecule has 1 aliphatic heterocycles. The molecule has 2 aromatic heterocycles. The van der Waals surface area contributed by atoms with Crippen LogP contribution in [0.3, 0.4) is 0 Å². The molecule has 0 saturated carbocycles. The molecular weight excluding hydrogens is 336 g/mol. The van der Waals surface area contributed by atoms with Crippen LogP contribution in [0.15, 0.2) is 28.4 Å². The smallest absolute Gasteiger partial charge is 0.290 e. The highest BCUT2D eigenvalue weighted by molar-refractivity contribution is 7.13. The number of carbonyl (C=O) groups excluding carboxylic acids is 1. The third-order valence-corrected chi connectivity index (χ3v) is 5.53. The highest BCUT2D eigenvalue weighted by atomic mass is 32.1. The number of thiophene rings is 1. The summed E-state index contributed by atoms with van der Waals surface area (Å²) in [6.45, 7) is 7.48. The normalized spacial score (nSPS) is 22.0. The van der Waals surface area contributed by atoms with Gasteiger partial charge in [-0.1, -0.05) is 19.9 Å². The van der Waals surface area contributed by atoms with Gasteiger partial charge in [0.05, 0.1) is 4.88 Å². The summed E-state index contributed by atoms with van der Waals surface area (Å²) in [5.74, 6) is 0.856. The molecule has 0 aromatic carbocycles. The van der Waals surface area contributed by atoms with Gasteiger partial charge in [0, 0.05) is 13.1 Å². The van der Waals surface area contributed by atoms with Gasteiger partial charge in [-0.15, -0.1) is 11.3 Å². The fourth-order valence-electron chi connectivity index (χ4n) is 3.55. The maximum Gasteiger partial charge on any atom is 0.290 e. The molecule has 0 radical (unpaired) electrons. The zero-order chi connectivity index (χ0) is 18.1. The molecule has 7 heteroatoms. The van der Waals surface area contributed by atoms with Gasteiger partial charge >= 0.3 is 0 Å². The maximum absolute atomic E-state index is 12.9. The van der Waals surface area contributed by atoms with Crippen molar-refractivity contribution in [3.63, 3.8) is 0 Å². The summed E-state index contributed by atoms with van der Waals surface area (Å²) in [5, 5.41) is 6.35. The Balaban J connectivity index is 1.92. The summed E-state index contributed by atoms with van der Waals surface area (Å²) >= 11 is 1.52. The van der Waals surface area contributed by atoms with Crippen molar-refractivity contribution < 1.29 is 4.79 Å². The van der Waals surface area contributed by atoms with Crippen LogP contribution in [0.1, 0.15) is 33.2 Å². The predicted molar refractivity (Wildman–Crippen MR) is 100 cm³/mol. The number of nitrogens with zero attached hydrogens (tertiary/aromatic N) is 3. The molecule has 2 N–H and O–H groups in total. The van der Waals surface area contributed by atoms with Crippen molar-refractivity contribution in [2.75, 3.05) is 18.8 Å². The molecule has 1 amide bonds. The van der Waals surface area contributed by atoms with Gasteiger partial charge in [0.1, 0.15) is 17.4 Å². The summed E-state index contributed by atoms with van der Waals surface area (Å²) < 4.78 is 1.23. The number of hydrogen-bond acceptors (Lipinski definition) is 5. The number of rotatable bonds is 3. The Labute approximate surface area is 151 Å². The lowest BCUT2D eigenvalue weighted by Crippen LogP contribution is -2.47. The minimum atomic E-state index is -0.674. The van der Waals surface area contributed by atoms with Gasteiger partial charge in [-0.2, -0.15) is 5.10 Å². The first kappa shape index (κ1) is 17.7. The zero-order valence-electron chi connectivity index (χ0n) is 14.8. The third-order valence-electron chi connectivity index (χ3n) is 4.64. The van der Waals surface area contributed by atoms with Crippen LogP contribution in [0, 0.1) is 11.8 Å². The molecule has 3 rings (SSSR count). The van der Waals surface area contributed by atoms with Crippen LogP contribution in [0.4, 0.5) is 5.69 Å². The van der Waals surface area contributed by atoms with Crippen LogP contribution in [0.25, 0.3) is 10.6 Å². The number of likely N-dealkylation sites (tertiary alicyclic amines) is 1. The van der Waals surface area contributed by atoms with E-state index in [2.05, 4.69) is 18.9 Å². The second-order valence-electron chi connectivity index (χ2n) is 7.08. The molecule has 0 spiro atoms. The van der Waals surface area contributed by atoms with E-state index < -0.39 is 11.6 Å². The van der Waals surface area contributed by atoms with Crippen LogP contribution in [0.5, 0.6) is 0 Å². The number of anilines is 1. The molecule has 1 aliphatic rings. The Kier molecular flexibility index (Phi) is 4.94. The fraction of sp³-hybridized carbons (Fsp3) is 0.500. The number of piperidine rings is 1. The van der Waals surface area contributed by atoms with Crippen molar-refractivity contribution in [1.29, 1.82) is 0 Å². The molecule has 0 unspecified atom stereocenters. The molecule has 0 aliphatic carbocycles. The topological polar surface area (TPSA) is 81.2 Å². The predicted octanol–water partition coefficient (Wildman–Crippen LogP) is 2.62. The lowest BCUT2D eigenvalue weighted by Gasteiger charge is -2.36. The first-order valence-electron chi connectivity index (χ1n) is 8.58. The highest BCUT2D eigenvalue weighted by Crippen LogP contribution is 2.25. The largest absolute Gasteiger partial charge is 0.394 e. The molecule has 3 atom stereocenters. The van der Waals surface area contributed by atoms with Gasteiger partial charge in [-0.3, -0.25) is 9.59 Å². The Morgan fingerprint density at radius 1 is 1.36 bits per heavy atom. The Bertz CT molecular complexity index is 805. The van der Waals surface area contributed by atoms with E-state index in [1.165, 1.54) is 16.0 Å². The average molecular weight is 360 g/mol. The standard InChI is InChI=1S/C18H24N4O2S/c1-11-7-12(2)10-21(9-11)17(23)13(3)22-18(24)14(19)8-15(20-22)16-5-4-6-25-16/h4-6,8,11-13H,7,9-10,19H2,1-3H3/t11-,12-,13-/m1/s1. The van der Waals surface area contributed by atoms with Gasteiger partial charge in [0.2, 0.25) is 5.91 Å². The lowest BCUT2D eigenvalue weighted by atomic mass is 9.91. The van der Waals surface area contributed by atoms with Gasteiger partial charge < -0.3 is 10.6 Å². The van der Waals surface area contributed by atoms with E-state index in [0.29, 0.717) is 17.5 Å². The molecule has 1 saturated heterocycles. The van der Waals surface area contributed by atoms with E-state index in [1.807, 2.05) is 22.4 Å². The second-order valence-corrected chi connectivity index (χ2v) is 8.02. The van der Waals surface area contributed by atoms with E-state index in [1.54, 1.807) is 13.0 Å². The van der Waals surface area contributed by atoms with Crippen molar-refractivity contribution in [3.8, 4) is 10.6 Å². The van der Waals surface area contributed by atoms with E-state index in [9.17, 15) is 9.59 Å². The molecule has 2 aromatic rings. The molecular formula is C18H24N4O2S. The summed E-state index contributed by atoms with van der Waals surface area (Å²) in [7, 11) is 0. The number of nitrogens with two attached hydrogens (primary N) is 1. The van der Waals surface area contributed by atoms with Crippen molar-refractivity contribution in [2.45, 2.75) is 33.2 Å². The van der Waals surface area contributed by atoms with Crippen molar-refractivity contribution in [3.05, 3.63) is 33.9 Å². The fourth-order valence-corrected chi connectivity index (χ4v) is 4.23. The molecule has 1 fully saturated rings. The average Bonchev–Trinajstić information content (AvgIpc) is 3.09. The van der Waals surface area contributed by atoms with E-state index in [4.69, 9.17) is 5.73 Å². The third kappa shape index (κ3) is 3.61. The SMILES string of the molecule is C[C@@H]1C[C@@H](C)CN(C(=O)[C@@H](C)n2nc(-c3cccs3)cc(N)c2=O)C1. The quantitative estimate of drug-likeness (QED) is 0.912. The summed E-state index contributed by atoms with van der Waals surface area (Å²) in [6.07, 6.45) is 1.12. The van der Waals surface area contributed by atoms with Crippen LogP contribution in [-0.2, 0) is 4.79 Å². The number of hydrogen-bond donors (Lipinski definition) is 1. The van der Waals surface area contributed by atoms with Gasteiger partial charge in [-0.25, -0.2) is 4.68 Å². The van der Waals surface area contributed by atoms with Gasteiger partial charge in [0.15, 0.2) is 0 Å². The summed E-state index contributed by atoms with van der Waals surface area (Å²) in [6, 6.07) is 4.74. The minimum Gasteiger partial charge on any atom is -0.394 e. The van der Waals surface area contributed by atoms with E-state index in [0.717, 1.165) is 24.4 Å². The molecule has 3 heterocycles. The van der Waals surface area contributed by atoms with E-state index in [-0.39, 0.29) is 11.6 Å². The Morgan fingerprint density at radius 2 is 2.04 bits per heavy atom. The summed E-state index contributed by atoms with van der Waals surface area (Å²) in [5.41, 5.74) is 6.20. The van der Waals surface area contributed by atoms with Crippen molar-refractivity contribution in [2.24, 2.45) is 11.8 Å². The monoisotopic (exact) mass is 360 g/mol. The minimum absolute atomic E-state index is 0.0734. The van der Waals surface area contributed by atoms with Crippen LogP contribution in [-0.4, -0.2) is 33.7 Å². The summed E-state index contributed by atoms with van der Waals surface area (Å²) in [4.78, 5) is 28.2. The molecule has 25 heavy (non-hydrogen) atoms. The first-order chi connectivity index (χ1) is 11.9. The Morgan fingerprint density at radius 3 is 2.64 bits per heavy atom.